The van der Waals surface area contributed by atoms with Crippen LogP contribution in [0.4, 0.5) is 0 Å². The molecule has 2 atom stereocenters. The van der Waals surface area contributed by atoms with E-state index in [1.54, 1.807) is 0 Å². The van der Waals surface area contributed by atoms with E-state index in [1.165, 1.54) is 16.7 Å². The standard InChI is InChI=1S/C17H25N3O/c1-6-15(18-5)13(4)17-19-16(20-21-17)10-14-8-7-11(2)12(3)9-14/h7-9,13,15,18H,6,10H2,1-5H3. The summed E-state index contributed by atoms with van der Waals surface area (Å²) >= 11 is 0. The van der Waals surface area contributed by atoms with Gasteiger partial charge < -0.3 is 9.84 Å². The highest BCUT2D eigenvalue weighted by atomic mass is 16.5. The second-order valence-corrected chi connectivity index (χ2v) is 5.74. The van der Waals surface area contributed by atoms with E-state index >= 15 is 0 Å². The SMILES string of the molecule is CCC(NC)C(C)c1nc(Cc2ccc(C)c(C)c2)no1. The molecule has 0 spiro atoms. The summed E-state index contributed by atoms with van der Waals surface area (Å²) in [5, 5.41) is 7.42. The molecule has 4 heteroatoms. The third-order valence-corrected chi connectivity index (χ3v) is 4.22. The van der Waals surface area contributed by atoms with Crippen molar-refractivity contribution in [3.63, 3.8) is 0 Å². The average Bonchev–Trinajstić information content (AvgIpc) is 2.92. The van der Waals surface area contributed by atoms with Gasteiger partial charge in [0.25, 0.3) is 0 Å². The van der Waals surface area contributed by atoms with Crippen LogP contribution in [0.15, 0.2) is 22.7 Å². The van der Waals surface area contributed by atoms with Crippen LogP contribution in [0.5, 0.6) is 0 Å². The maximum Gasteiger partial charge on any atom is 0.231 e. The summed E-state index contributed by atoms with van der Waals surface area (Å²) in [6.07, 6.45) is 1.75. The smallest absolute Gasteiger partial charge is 0.231 e. The van der Waals surface area contributed by atoms with E-state index in [1.807, 2.05) is 7.05 Å². The number of aryl methyl sites for hydroxylation is 2. The highest BCUT2D eigenvalue weighted by Gasteiger charge is 2.21. The fourth-order valence-corrected chi connectivity index (χ4v) is 2.60. The number of nitrogens with zero attached hydrogens (tertiary/aromatic N) is 2. The molecule has 0 amide bonds. The van der Waals surface area contributed by atoms with Gasteiger partial charge in [0, 0.05) is 12.5 Å². The summed E-state index contributed by atoms with van der Waals surface area (Å²) in [7, 11) is 1.97. The Bertz CT molecular complexity index is 587. The topological polar surface area (TPSA) is 51.0 Å². The van der Waals surface area contributed by atoms with Crippen LogP contribution in [0.1, 0.15) is 54.6 Å². The minimum atomic E-state index is 0.223. The van der Waals surface area contributed by atoms with Crippen LogP contribution in [0.25, 0.3) is 0 Å². The summed E-state index contributed by atoms with van der Waals surface area (Å²) < 4.78 is 5.44. The average molecular weight is 287 g/mol. The van der Waals surface area contributed by atoms with Gasteiger partial charge in [0.05, 0.1) is 5.92 Å². The van der Waals surface area contributed by atoms with Gasteiger partial charge in [0.2, 0.25) is 5.89 Å². The predicted octanol–water partition coefficient (Wildman–Crippen LogP) is 3.38. The molecule has 21 heavy (non-hydrogen) atoms. The Kier molecular flexibility index (Phi) is 5.12. The number of hydrogen-bond donors (Lipinski definition) is 1. The lowest BCUT2D eigenvalue weighted by Gasteiger charge is -2.18. The normalized spacial score (nSPS) is 14.1. The first-order valence-corrected chi connectivity index (χ1v) is 7.61. The van der Waals surface area contributed by atoms with Crippen LogP contribution < -0.4 is 5.32 Å². The van der Waals surface area contributed by atoms with Gasteiger partial charge in [-0.1, -0.05) is 37.2 Å². The molecule has 4 nitrogen and oxygen atoms in total. The van der Waals surface area contributed by atoms with Gasteiger partial charge in [-0.3, -0.25) is 0 Å². The molecule has 2 unspecified atom stereocenters. The van der Waals surface area contributed by atoms with Crippen molar-refractivity contribution in [3.8, 4) is 0 Å². The molecule has 0 radical (unpaired) electrons. The molecule has 1 aromatic heterocycles. The van der Waals surface area contributed by atoms with Crippen LogP contribution in [-0.4, -0.2) is 23.2 Å². The number of nitrogens with one attached hydrogen (secondary N) is 1. The second kappa shape index (κ2) is 6.85. The van der Waals surface area contributed by atoms with Crippen molar-refractivity contribution >= 4 is 0 Å². The van der Waals surface area contributed by atoms with Gasteiger partial charge in [0.15, 0.2) is 5.82 Å². The molecule has 2 aromatic rings. The first-order valence-electron chi connectivity index (χ1n) is 7.61. The fraction of sp³-hybridized carbons (Fsp3) is 0.529. The molecule has 1 N–H and O–H groups in total. The number of benzene rings is 1. The highest BCUT2D eigenvalue weighted by Crippen LogP contribution is 2.20. The van der Waals surface area contributed by atoms with Gasteiger partial charge in [-0.25, -0.2) is 0 Å². The number of rotatable bonds is 6. The molecule has 0 aliphatic rings. The van der Waals surface area contributed by atoms with Crippen molar-refractivity contribution in [1.29, 1.82) is 0 Å². The zero-order valence-electron chi connectivity index (χ0n) is 13.6. The first-order chi connectivity index (χ1) is 10.0. The Morgan fingerprint density at radius 3 is 2.62 bits per heavy atom. The Morgan fingerprint density at radius 1 is 1.24 bits per heavy atom. The highest BCUT2D eigenvalue weighted by molar-refractivity contribution is 5.31. The fourth-order valence-electron chi connectivity index (χ4n) is 2.60. The van der Waals surface area contributed by atoms with E-state index in [2.05, 4.69) is 61.4 Å². The Hall–Kier alpha value is -1.68. The predicted molar refractivity (Wildman–Crippen MR) is 84.6 cm³/mol. The van der Waals surface area contributed by atoms with E-state index in [4.69, 9.17) is 4.52 Å². The number of aromatic nitrogens is 2. The third-order valence-electron chi connectivity index (χ3n) is 4.22. The molecule has 2 rings (SSSR count). The zero-order chi connectivity index (χ0) is 15.4. The molecular formula is C17H25N3O. The number of hydrogen-bond acceptors (Lipinski definition) is 4. The minimum Gasteiger partial charge on any atom is -0.339 e. The van der Waals surface area contributed by atoms with Crippen molar-refractivity contribution in [3.05, 3.63) is 46.6 Å². The molecule has 0 saturated heterocycles. The summed E-state index contributed by atoms with van der Waals surface area (Å²) in [4.78, 5) is 4.56. The lowest BCUT2D eigenvalue weighted by atomic mass is 10.00. The van der Waals surface area contributed by atoms with E-state index in [9.17, 15) is 0 Å². The van der Waals surface area contributed by atoms with Crippen molar-refractivity contribution in [1.82, 2.24) is 15.5 Å². The zero-order valence-corrected chi connectivity index (χ0v) is 13.6. The third kappa shape index (κ3) is 3.70. The van der Waals surface area contributed by atoms with Crippen molar-refractivity contribution in [2.45, 2.75) is 52.5 Å². The molecular weight excluding hydrogens is 262 g/mol. The Morgan fingerprint density at radius 2 is 2.00 bits per heavy atom. The molecule has 0 saturated carbocycles. The maximum atomic E-state index is 5.44. The lowest BCUT2D eigenvalue weighted by Crippen LogP contribution is -2.30. The molecule has 0 aliphatic carbocycles. The molecule has 114 valence electrons. The molecule has 1 heterocycles. The van der Waals surface area contributed by atoms with Gasteiger partial charge in [-0.05, 0) is 44.0 Å². The van der Waals surface area contributed by atoms with E-state index in [0.29, 0.717) is 12.5 Å². The molecule has 0 aliphatic heterocycles. The van der Waals surface area contributed by atoms with Crippen LogP contribution >= 0.6 is 0 Å². The van der Waals surface area contributed by atoms with Gasteiger partial charge in [-0.15, -0.1) is 0 Å². The summed E-state index contributed by atoms with van der Waals surface area (Å²) in [5.41, 5.74) is 3.82. The van der Waals surface area contributed by atoms with Gasteiger partial charge in [-0.2, -0.15) is 4.98 Å². The van der Waals surface area contributed by atoms with E-state index < -0.39 is 0 Å². The monoisotopic (exact) mass is 287 g/mol. The minimum absolute atomic E-state index is 0.223. The van der Waals surface area contributed by atoms with Crippen molar-refractivity contribution in [2.75, 3.05) is 7.05 Å². The van der Waals surface area contributed by atoms with Crippen LogP contribution in [0.3, 0.4) is 0 Å². The van der Waals surface area contributed by atoms with Crippen LogP contribution in [0, 0.1) is 13.8 Å². The Labute approximate surface area is 127 Å². The quantitative estimate of drug-likeness (QED) is 0.885. The lowest BCUT2D eigenvalue weighted by molar-refractivity contribution is 0.324. The summed E-state index contributed by atoms with van der Waals surface area (Å²) in [6, 6.07) is 6.82. The van der Waals surface area contributed by atoms with Gasteiger partial charge >= 0.3 is 0 Å². The summed E-state index contributed by atoms with van der Waals surface area (Å²) in [6.45, 7) is 8.53. The van der Waals surface area contributed by atoms with Crippen molar-refractivity contribution in [2.24, 2.45) is 0 Å². The van der Waals surface area contributed by atoms with Gasteiger partial charge in [0.1, 0.15) is 0 Å². The maximum absolute atomic E-state index is 5.44. The molecule has 0 bridgehead atoms. The molecule has 0 fully saturated rings. The first kappa shape index (κ1) is 15.7. The van der Waals surface area contributed by atoms with Crippen molar-refractivity contribution < 1.29 is 4.52 Å². The Balaban J connectivity index is 2.11. The van der Waals surface area contributed by atoms with E-state index in [-0.39, 0.29) is 5.92 Å². The van der Waals surface area contributed by atoms with Crippen LogP contribution in [-0.2, 0) is 6.42 Å². The van der Waals surface area contributed by atoms with E-state index in [0.717, 1.165) is 18.1 Å². The summed E-state index contributed by atoms with van der Waals surface area (Å²) in [5.74, 6) is 1.70. The second-order valence-electron chi connectivity index (χ2n) is 5.74. The molecule has 1 aromatic carbocycles. The number of likely N-dealkylation sites (N-methyl/N-ethyl adjacent to an activating group) is 1. The largest absolute Gasteiger partial charge is 0.339 e. The van der Waals surface area contributed by atoms with Crippen LogP contribution in [0.2, 0.25) is 0 Å².